The Morgan fingerprint density at radius 1 is 1.04 bits per heavy atom. The van der Waals surface area contributed by atoms with E-state index in [-0.39, 0.29) is 11.6 Å². The van der Waals surface area contributed by atoms with Gasteiger partial charge in [-0.2, -0.15) is 5.10 Å². The Bertz CT molecular complexity index is 937. The zero-order valence-corrected chi connectivity index (χ0v) is 13.8. The van der Waals surface area contributed by atoms with E-state index in [1.54, 1.807) is 24.3 Å². The summed E-state index contributed by atoms with van der Waals surface area (Å²) in [5, 5.41) is 14.5. The van der Waals surface area contributed by atoms with Crippen molar-refractivity contribution in [1.29, 1.82) is 0 Å². The number of carbonyl (C=O) groups excluding carboxylic acids is 1. The van der Waals surface area contributed by atoms with Crippen LogP contribution in [0.25, 0.3) is 22.0 Å². The van der Waals surface area contributed by atoms with Gasteiger partial charge >= 0.3 is 5.97 Å². The van der Waals surface area contributed by atoms with E-state index in [2.05, 4.69) is 25.0 Å². The number of fused-ring (bicyclic) bond motifs is 1. The molecule has 0 bridgehead atoms. The lowest BCUT2D eigenvalue weighted by atomic mass is 10.0. The Balaban J connectivity index is 2.05. The van der Waals surface area contributed by atoms with E-state index in [1.807, 2.05) is 23.7 Å². The molecule has 1 heterocycles. The van der Waals surface area contributed by atoms with Gasteiger partial charge in [-0.25, -0.2) is 4.79 Å². The maximum atomic E-state index is 11.5. The van der Waals surface area contributed by atoms with E-state index in [0.29, 0.717) is 0 Å². The van der Waals surface area contributed by atoms with Gasteiger partial charge in [-0.1, -0.05) is 36.4 Å². The fourth-order valence-corrected chi connectivity index (χ4v) is 2.81. The topological polar surface area (TPSA) is 72.2 Å². The highest BCUT2D eigenvalue weighted by atomic mass is 16.4. The predicted octanol–water partition coefficient (Wildman–Crippen LogP) is 3.86. The molecule has 122 valence electrons. The Labute approximate surface area is 139 Å². The minimum atomic E-state index is -1.44. The molecule has 0 spiro atoms. The van der Waals surface area contributed by atoms with Crippen LogP contribution in [0.1, 0.15) is 35.9 Å². The molecule has 0 aliphatic heterocycles. The quantitative estimate of drug-likeness (QED) is 0.585. The first-order chi connectivity index (χ1) is 11.4. The van der Waals surface area contributed by atoms with Crippen molar-refractivity contribution in [3.63, 3.8) is 0 Å². The summed E-state index contributed by atoms with van der Waals surface area (Å²) in [6.45, 7) is 6.17. The standard InChI is InChI=1S/C19H18N2O3/c1-11(2)21-17-10-15(8-9-16(17)12(3)20-21)13-4-6-14(7-5-13)18(22)19(23)24/h4-11H,1-3H3,(H,23,24). The molecule has 1 aromatic heterocycles. The first-order valence-electron chi connectivity index (χ1n) is 7.75. The Kier molecular flexibility index (Phi) is 3.93. The maximum Gasteiger partial charge on any atom is 0.377 e. The number of benzene rings is 2. The van der Waals surface area contributed by atoms with Crippen molar-refractivity contribution < 1.29 is 14.7 Å². The Morgan fingerprint density at radius 3 is 2.25 bits per heavy atom. The number of carboxylic acids is 1. The van der Waals surface area contributed by atoms with Gasteiger partial charge in [0.05, 0.1) is 11.2 Å². The van der Waals surface area contributed by atoms with Crippen molar-refractivity contribution in [3.8, 4) is 11.1 Å². The molecule has 0 saturated carbocycles. The zero-order valence-electron chi connectivity index (χ0n) is 13.8. The van der Waals surface area contributed by atoms with Crippen LogP contribution in [0, 0.1) is 6.92 Å². The summed E-state index contributed by atoms with van der Waals surface area (Å²) in [5.74, 6) is -2.34. The van der Waals surface area contributed by atoms with Crippen LogP contribution >= 0.6 is 0 Å². The minimum Gasteiger partial charge on any atom is -0.475 e. The molecule has 0 unspecified atom stereocenters. The lowest BCUT2D eigenvalue weighted by Crippen LogP contribution is -2.12. The second kappa shape index (κ2) is 5.92. The molecule has 0 amide bonds. The number of rotatable bonds is 4. The largest absolute Gasteiger partial charge is 0.475 e. The first kappa shape index (κ1) is 15.9. The SMILES string of the molecule is Cc1nn(C(C)C)c2cc(-c3ccc(C(=O)C(=O)O)cc3)ccc12. The molecule has 3 aromatic rings. The molecule has 3 rings (SSSR count). The van der Waals surface area contributed by atoms with Crippen molar-refractivity contribution in [2.75, 3.05) is 0 Å². The number of nitrogens with zero attached hydrogens (tertiary/aromatic N) is 2. The Morgan fingerprint density at radius 2 is 1.67 bits per heavy atom. The summed E-state index contributed by atoms with van der Waals surface area (Å²) in [6, 6.07) is 13.0. The average molecular weight is 322 g/mol. The number of aliphatic carboxylic acids is 1. The molecular formula is C19H18N2O3. The van der Waals surface area contributed by atoms with E-state index >= 15 is 0 Å². The van der Waals surface area contributed by atoms with Crippen molar-refractivity contribution >= 4 is 22.7 Å². The van der Waals surface area contributed by atoms with Gasteiger partial charge in [-0.15, -0.1) is 0 Å². The fraction of sp³-hybridized carbons (Fsp3) is 0.211. The van der Waals surface area contributed by atoms with Crippen LogP contribution in [0.3, 0.4) is 0 Å². The van der Waals surface area contributed by atoms with E-state index in [1.165, 1.54) is 0 Å². The molecule has 2 aromatic carbocycles. The van der Waals surface area contributed by atoms with Gasteiger partial charge < -0.3 is 5.11 Å². The summed E-state index contributed by atoms with van der Waals surface area (Å²) in [5.41, 5.74) is 4.15. The monoisotopic (exact) mass is 322 g/mol. The summed E-state index contributed by atoms with van der Waals surface area (Å²) < 4.78 is 2.00. The second-order valence-electron chi connectivity index (χ2n) is 6.07. The molecule has 1 N–H and O–H groups in total. The molecule has 5 heteroatoms. The van der Waals surface area contributed by atoms with Gasteiger partial charge in [0.25, 0.3) is 5.78 Å². The van der Waals surface area contributed by atoms with E-state index in [9.17, 15) is 9.59 Å². The van der Waals surface area contributed by atoms with E-state index in [4.69, 9.17) is 5.11 Å². The van der Waals surface area contributed by atoms with Gasteiger partial charge in [0, 0.05) is 17.0 Å². The summed E-state index contributed by atoms with van der Waals surface area (Å²) in [6.07, 6.45) is 0. The first-order valence-corrected chi connectivity index (χ1v) is 7.75. The second-order valence-corrected chi connectivity index (χ2v) is 6.07. The smallest absolute Gasteiger partial charge is 0.377 e. The van der Waals surface area contributed by atoms with Gasteiger partial charge in [0.1, 0.15) is 0 Å². The number of aromatic nitrogens is 2. The molecule has 5 nitrogen and oxygen atoms in total. The molecule has 0 atom stereocenters. The minimum absolute atomic E-state index is 0.176. The van der Waals surface area contributed by atoms with Crippen LogP contribution < -0.4 is 0 Å². The van der Waals surface area contributed by atoms with Gasteiger partial charge in [-0.3, -0.25) is 9.48 Å². The van der Waals surface area contributed by atoms with E-state index < -0.39 is 11.8 Å². The molecule has 0 aliphatic carbocycles. The lowest BCUT2D eigenvalue weighted by molar-refractivity contribution is -0.131. The number of carbonyl (C=O) groups is 2. The maximum absolute atomic E-state index is 11.5. The van der Waals surface area contributed by atoms with Gasteiger partial charge in [0.2, 0.25) is 0 Å². The molecule has 24 heavy (non-hydrogen) atoms. The number of aryl methyl sites for hydroxylation is 1. The van der Waals surface area contributed by atoms with Crippen LogP contribution in [0.4, 0.5) is 0 Å². The molecule has 0 aliphatic rings. The molecule has 0 fully saturated rings. The normalized spacial score (nSPS) is 11.2. The third-order valence-electron chi connectivity index (χ3n) is 4.06. The summed E-state index contributed by atoms with van der Waals surface area (Å²) in [4.78, 5) is 22.2. The highest BCUT2D eigenvalue weighted by Crippen LogP contribution is 2.28. The van der Waals surface area contributed by atoms with Crippen LogP contribution in [-0.4, -0.2) is 26.6 Å². The average Bonchev–Trinajstić information content (AvgIpc) is 2.91. The van der Waals surface area contributed by atoms with Crippen LogP contribution in [0.15, 0.2) is 42.5 Å². The number of carboxylic acid groups (broad SMARTS) is 1. The van der Waals surface area contributed by atoms with Gasteiger partial charge in [-0.05, 0) is 38.0 Å². The number of hydrogen-bond donors (Lipinski definition) is 1. The highest BCUT2D eigenvalue weighted by molar-refractivity contribution is 6.39. The van der Waals surface area contributed by atoms with Crippen LogP contribution in [0.2, 0.25) is 0 Å². The van der Waals surface area contributed by atoms with Crippen LogP contribution in [0.5, 0.6) is 0 Å². The Hall–Kier alpha value is -2.95. The van der Waals surface area contributed by atoms with E-state index in [0.717, 1.165) is 27.7 Å². The van der Waals surface area contributed by atoms with Crippen molar-refractivity contribution in [2.24, 2.45) is 0 Å². The zero-order chi connectivity index (χ0) is 17.4. The van der Waals surface area contributed by atoms with Crippen molar-refractivity contribution in [1.82, 2.24) is 9.78 Å². The predicted molar refractivity (Wildman–Crippen MR) is 92.3 cm³/mol. The van der Waals surface area contributed by atoms with Crippen LogP contribution in [-0.2, 0) is 4.79 Å². The molecule has 0 saturated heterocycles. The summed E-state index contributed by atoms with van der Waals surface area (Å²) in [7, 11) is 0. The van der Waals surface area contributed by atoms with Crippen molar-refractivity contribution in [3.05, 3.63) is 53.7 Å². The third kappa shape index (κ3) is 2.69. The molecular weight excluding hydrogens is 304 g/mol. The number of hydrogen-bond acceptors (Lipinski definition) is 3. The fourth-order valence-electron chi connectivity index (χ4n) is 2.81. The molecule has 0 radical (unpaired) electrons. The number of ketones is 1. The summed E-state index contributed by atoms with van der Waals surface area (Å²) >= 11 is 0. The van der Waals surface area contributed by atoms with Gasteiger partial charge in [0.15, 0.2) is 0 Å². The lowest BCUT2D eigenvalue weighted by Gasteiger charge is -2.08. The third-order valence-corrected chi connectivity index (χ3v) is 4.06. The van der Waals surface area contributed by atoms with Crippen molar-refractivity contribution in [2.45, 2.75) is 26.8 Å². The number of Topliss-reactive ketones (excluding diaryl/α,β-unsaturated/α-hetero) is 1. The highest BCUT2D eigenvalue weighted by Gasteiger charge is 2.15.